The van der Waals surface area contributed by atoms with Crippen LogP contribution in [0, 0.1) is 0 Å². The fourth-order valence-electron chi connectivity index (χ4n) is 2.66. The molecule has 30 heavy (non-hydrogen) atoms. The van der Waals surface area contributed by atoms with E-state index < -0.39 is 17.6 Å². The first-order valence-corrected chi connectivity index (χ1v) is 16.4. The van der Waals surface area contributed by atoms with Crippen LogP contribution in [0.4, 0.5) is 0 Å². The lowest BCUT2D eigenvalue weighted by Crippen LogP contribution is -2.42. The van der Waals surface area contributed by atoms with Gasteiger partial charge in [-0.25, -0.2) is 0 Å². The molecule has 0 saturated carbocycles. The summed E-state index contributed by atoms with van der Waals surface area (Å²) in [6.07, 6.45) is 2.03. The van der Waals surface area contributed by atoms with Crippen molar-refractivity contribution in [1.82, 2.24) is 0 Å². The van der Waals surface area contributed by atoms with Crippen molar-refractivity contribution in [2.45, 2.75) is 24.9 Å². The standard InChI is InChI=1S/C18H42O8S2Si2/c1-19-29(20-2,21-3)17-7-13-27-15-11-25-9-10-26-12-16-28-14-8-18-30(22-4,23-5)24-6/h7-18H2,1-6H3. The van der Waals surface area contributed by atoms with Gasteiger partial charge >= 0.3 is 17.6 Å². The summed E-state index contributed by atoms with van der Waals surface area (Å²) in [5, 5.41) is 0. The van der Waals surface area contributed by atoms with E-state index in [4.69, 9.17) is 36.0 Å². The Morgan fingerprint density at radius 2 is 0.800 bits per heavy atom. The van der Waals surface area contributed by atoms with E-state index in [1.165, 1.54) is 0 Å². The zero-order chi connectivity index (χ0) is 22.6. The first-order valence-electron chi connectivity index (χ1n) is 10.2. The Kier molecular flexibility index (Phi) is 21.0. The van der Waals surface area contributed by atoms with Crippen LogP contribution >= 0.6 is 23.5 Å². The summed E-state index contributed by atoms with van der Waals surface area (Å²) in [6, 6.07) is 1.67. The fraction of sp³-hybridized carbons (Fsp3) is 1.00. The molecule has 0 rings (SSSR count). The molecule has 0 heterocycles. The summed E-state index contributed by atoms with van der Waals surface area (Å²) < 4.78 is 43.7. The number of hydrogen-bond donors (Lipinski definition) is 0. The van der Waals surface area contributed by atoms with Gasteiger partial charge in [-0.2, -0.15) is 23.5 Å². The maximum absolute atomic E-state index is 5.61. The molecule has 12 heteroatoms. The summed E-state index contributed by atoms with van der Waals surface area (Å²) in [5.41, 5.74) is 0. The van der Waals surface area contributed by atoms with Gasteiger partial charge in [0.25, 0.3) is 0 Å². The van der Waals surface area contributed by atoms with Gasteiger partial charge in [0, 0.05) is 66.3 Å². The van der Waals surface area contributed by atoms with Gasteiger partial charge in [0.05, 0.1) is 26.4 Å². The van der Waals surface area contributed by atoms with Crippen molar-refractivity contribution in [3.8, 4) is 0 Å². The van der Waals surface area contributed by atoms with Gasteiger partial charge in [-0.1, -0.05) is 0 Å². The highest BCUT2D eigenvalue weighted by atomic mass is 32.2. The molecule has 0 bridgehead atoms. The molecule has 0 amide bonds. The third kappa shape index (κ3) is 14.1. The molecule has 0 spiro atoms. The first kappa shape index (κ1) is 30.8. The fourth-order valence-corrected chi connectivity index (χ4v) is 8.19. The highest BCUT2D eigenvalue weighted by Crippen LogP contribution is 2.18. The summed E-state index contributed by atoms with van der Waals surface area (Å²) >= 11 is 3.75. The van der Waals surface area contributed by atoms with Crippen molar-refractivity contribution in [3.63, 3.8) is 0 Å². The lowest BCUT2D eigenvalue weighted by molar-refractivity contribution is 0.0605. The van der Waals surface area contributed by atoms with Gasteiger partial charge in [-0.05, 0) is 24.3 Å². The van der Waals surface area contributed by atoms with E-state index in [1.54, 1.807) is 42.7 Å². The minimum absolute atomic E-state index is 0.641. The van der Waals surface area contributed by atoms with E-state index in [-0.39, 0.29) is 0 Å². The molecule has 0 N–H and O–H groups in total. The Balaban J connectivity index is 3.38. The molecule has 0 aromatic rings. The second kappa shape index (κ2) is 20.4. The maximum atomic E-state index is 5.61. The Hall–Kier alpha value is 0.814. The molecule has 0 atom stereocenters. The topological polar surface area (TPSA) is 73.8 Å². The predicted molar refractivity (Wildman–Crippen MR) is 129 cm³/mol. The summed E-state index contributed by atoms with van der Waals surface area (Å²) in [7, 11) is 5.08. The lowest BCUT2D eigenvalue weighted by Gasteiger charge is -2.24. The van der Waals surface area contributed by atoms with E-state index in [0.29, 0.717) is 13.2 Å². The van der Waals surface area contributed by atoms with Crippen molar-refractivity contribution < 1.29 is 36.0 Å². The third-order valence-electron chi connectivity index (χ3n) is 4.53. The highest BCUT2D eigenvalue weighted by molar-refractivity contribution is 7.99. The van der Waals surface area contributed by atoms with Crippen molar-refractivity contribution in [2.75, 3.05) is 92.1 Å². The lowest BCUT2D eigenvalue weighted by atomic mass is 10.6. The molecule has 8 nitrogen and oxygen atoms in total. The molecule has 0 unspecified atom stereocenters. The Morgan fingerprint density at radius 1 is 0.467 bits per heavy atom. The largest absolute Gasteiger partial charge is 0.500 e. The molecule has 0 aliphatic heterocycles. The van der Waals surface area contributed by atoms with Crippen molar-refractivity contribution in [3.05, 3.63) is 0 Å². The summed E-state index contributed by atoms with van der Waals surface area (Å²) in [6.45, 7) is 2.77. The molecule has 0 radical (unpaired) electrons. The van der Waals surface area contributed by atoms with Crippen LogP contribution in [0.2, 0.25) is 12.1 Å². The average molecular weight is 507 g/mol. The number of rotatable bonds is 23. The molecular weight excluding hydrogens is 464 g/mol. The minimum atomic E-state index is -2.41. The van der Waals surface area contributed by atoms with Gasteiger partial charge < -0.3 is 36.0 Å². The zero-order valence-electron chi connectivity index (χ0n) is 19.6. The predicted octanol–water partition coefficient (Wildman–Crippen LogP) is 3.02. The van der Waals surface area contributed by atoms with Crippen molar-refractivity contribution in [1.29, 1.82) is 0 Å². The molecule has 0 fully saturated rings. The first-order chi connectivity index (χ1) is 14.6. The van der Waals surface area contributed by atoms with Crippen molar-refractivity contribution in [2.24, 2.45) is 0 Å². The van der Waals surface area contributed by atoms with E-state index in [0.717, 1.165) is 61.2 Å². The van der Waals surface area contributed by atoms with Crippen LogP contribution in [0.5, 0.6) is 0 Å². The quantitative estimate of drug-likeness (QED) is 0.152. The number of ether oxygens (including phenoxy) is 2. The average Bonchev–Trinajstić information content (AvgIpc) is 2.79. The highest BCUT2D eigenvalue weighted by Gasteiger charge is 2.37. The zero-order valence-corrected chi connectivity index (χ0v) is 23.2. The number of thioether (sulfide) groups is 2. The van der Waals surface area contributed by atoms with Crippen molar-refractivity contribution >= 4 is 41.1 Å². The molecule has 0 aromatic carbocycles. The van der Waals surface area contributed by atoms with Crippen LogP contribution in [0.3, 0.4) is 0 Å². The summed E-state index contributed by atoms with van der Waals surface area (Å²) in [4.78, 5) is 0. The number of hydrogen-bond acceptors (Lipinski definition) is 10. The van der Waals surface area contributed by atoms with E-state index in [1.807, 2.05) is 23.5 Å². The van der Waals surface area contributed by atoms with E-state index in [9.17, 15) is 0 Å². The van der Waals surface area contributed by atoms with E-state index >= 15 is 0 Å². The molecule has 0 aromatic heterocycles. The Labute approximate surface area is 194 Å². The Morgan fingerprint density at radius 3 is 1.10 bits per heavy atom. The van der Waals surface area contributed by atoms with Crippen LogP contribution in [-0.4, -0.2) is 110 Å². The molecule has 0 saturated heterocycles. The molecule has 182 valence electrons. The maximum Gasteiger partial charge on any atom is 0.500 e. The smallest absolute Gasteiger partial charge is 0.378 e. The second-order valence-corrected chi connectivity index (χ2v) is 14.9. The van der Waals surface area contributed by atoms with Crippen LogP contribution < -0.4 is 0 Å². The monoisotopic (exact) mass is 506 g/mol. The van der Waals surface area contributed by atoms with Crippen LogP contribution in [0.15, 0.2) is 0 Å². The van der Waals surface area contributed by atoms with Gasteiger partial charge in [0.2, 0.25) is 0 Å². The van der Waals surface area contributed by atoms with Gasteiger partial charge in [0.1, 0.15) is 0 Å². The molecule has 0 aliphatic carbocycles. The van der Waals surface area contributed by atoms with Gasteiger partial charge in [-0.15, -0.1) is 0 Å². The SMILES string of the molecule is CO[Si](CCCSCCOCCOCCSCCC[Si](OC)(OC)OC)(OC)OC. The van der Waals surface area contributed by atoms with Gasteiger partial charge in [-0.3, -0.25) is 0 Å². The normalized spacial score (nSPS) is 12.6. The Bertz CT molecular complexity index is 328. The third-order valence-corrected chi connectivity index (χ3v) is 12.3. The van der Waals surface area contributed by atoms with Crippen LogP contribution in [0.1, 0.15) is 12.8 Å². The minimum Gasteiger partial charge on any atom is -0.378 e. The molecule has 0 aliphatic rings. The summed E-state index contributed by atoms with van der Waals surface area (Å²) in [5.74, 6) is 4.05. The van der Waals surface area contributed by atoms with Crippen LogP contribution in [-0.2, 0) is 36.0 Å². The van der Waals surface area contributed by atoms with Gasteiger partial charge in [0.15, 0.2) is 0 Å². The molecular formula is C18H42O8S2Si2. The van der Waals surface area contributed by atoms with E-state index in [2.05, 4.69) is 0 Å². The second-order valence-electron chi connectivity index (χ2n) is 6.25. The van der Waals surface area contributed by atoms with Crippen LogP contribution in [0.25, 0.3) is 0 Å².